The lowest BCUT2D eigenvalue weighted by Crippen LogP contribution is -2.47. The Kier molecular flexibility index (Phi) is 7.48. The molecule has 0 saturated carbocycles. The van der Waals surface area contributed by atoms with Crippen LogP contribution in [0.25, 0.3) is 0 Å². The Balaban J connectivity index is 1.46. The van der Waals surface area contributed by atoms with Gasteiger partial charge in [-0.3, -0.25) is 14.4 Å². The Hall–Kier alpha value is -3.55. The number of esters is 1. The lowest BCUT2D eigenvalue weighted by molar-refractivity contribution is -0.132. The molecule has 8 heteroatoms. The summed E-state index contributed by atoms with van der Waals surface area (Å²) >= 11 is 0. The summed E-state index contributed by atoms with van der Waals surface area (Å²) in [6.45, 7) is 2.25. The van der Waals surface area contributed by atoms with Gasteiger partial charge < -0.3 is 24.4 Å². The molecule has 0 unspecified atom stereocenters. The molecule has 1 fully saturated rings. The highest BCUT2D eigenvalue weighted by molar-refractivity contribution is 5.94. The topological polar surface area (TPSA) is 94.2 Å². The van der Waals surface area contributed by atoms with Crippen molar-refractivity contribution in [3.63, 3.8) is 0 Å². The van der Waals surface area contributed by atoms with Crippen molar-refractivity contribution >= 4 is 17.8 Å². The van der Waals surface area contributed by atoms with Gasteiger partial charge in [0.25, 0.3) is 11.8 Å². The molecule has 31 heavy (non-hydrogen) atoms. The van der Waals surface area contributed by atoms with Gasteiger partial charge in [-0.05, 0) is 43.2 Å². The number of nitrogens with zero attached hydrogens (tertiary/aromatic N) is 1. The Bertz CT molecular complexity index is 937. The fourth-order valence-electron chi connectivity index (χ4n) is 3.42. The monoisotopic (exact) mass is 426 g/mol. The van der Waals surface area contributed by atoms with E-state index in [0.29, 0.717) is 48.7 Å². The van der Waals surface area contributed by atoms with Crippen molar-refractivity contribution in [3.05, 3.63) is 54.1 Å². The van der Waals surface area contributed by atoms with Gasteiger partial charge >= 0.3 is 5.97 Å². The van der Waals surface area contributed by atoms with E-state index in [1.807, 2.05) is 12.1 Å². The lowest BCUT2D eigenvalue weighted by atomic mass is 10.0. The molecule has 0 bridgehead atoms. The summed E-state index contributed by atoms with van der Waals surface area (Å²) in [4.78, 5) is 37.8. The second-order valence-corrected chi connectivity index (χ2v) is 7.19. The van der Waals surface area contributed by atoms with Gasteiger partial charge in [0.05, 0.1) is 7.11 Å². The molecule has 1 saturated heterocycles. The van der Waals surface area contributed by atoms with E-state index >= 15 is 0 Å². The predicted molar refractivity (Wildman–Crippen MR) is 113 cm³/mol. The van der Waals surface area contributed by atoms with E-state index in [4.69, 9.17) is 14.2 Å². The predicted octanol–water partition coefficient (Wildman–Crippen LogP) is 2.42. The van der Waals surface area contributed by atoms with Crippen LogP contribution in [0.15, 0.2) is 48.5 Å². The summed E-state index contributed by atoms with van der Waals surface area (Å²) in [5, 5.41) is 2.96. The van der Waals surface area contributed by atoms with Gasteiger partial charge in [-0.15, -0.1) is 0 Å². The number of piperidine rings is 1. The van der Waals surface area contributed by atoms with Crippen molar-refractivity contribution in [2.24, 2.45) is 0 Å². The zero-order valence-corrected chi connectivity index (χ0v) is 17.6. The number of rotatable bonds is 7. The Morgan fingerprint density at radius 2 is 1.74 bits per heavy atom. The van der Waals surface area contributed by atoms with Gasteiger partial charge in [0.1, 0.15) is 5.75 Å². The highest BCUT2D eigenvalue weighted by Gasteiger charge is 2.25. The highest BCUT2D eigenvalue weighted by atomic mass is 16.5. The van der Waals surface area contributed by atoms with Crippen LogP contribution in [0.1, 0.15) is 30.1 Å². The van der Waals surface area contributed by atoms with Crippen molar-refractivity contribution < 1.29 is 28.6 Å². The molecule has 164 valence electrons. The average Bonchev–Trinajstić information content (AvgIpc) is 2.77. The zero-order chi connectivity index (χ0) is 22.2. The minimum atomic E-state index is -0.434. The van der Waals surface area contributed by atoms with Crippen molar-refractivity contribution in [2.45, 2.75) is 25.8 Å². The molecule has 0 aromatic heterocycles. The molecule has 0 atom stereocenters. The van der Waals surface area contributed by atoms with Crippen molar-refractivity contribution in [3.8, 4) is 17.2 Å². The maximum absolute atomic E-state index is 12.8. The first-order valence-electron chi connectivity index (χ1n) is 10.1. The molecule has 2 aromatic rings. The van der Waals surface area contributed by atoms with E-state index in [-0.39, 0.29) is 24.5 Å². The third kappa shape index (κ3) is 6.21. The van der Waals surface area contributed by atoms with Crippen LogP contribution >= 0.6 is 0 Å². The number of likely N-dealkylation sites (tertiary alicyclic amines) is 1. The zero-order valence-electron chi connectivity index (χ0n) is 17.6. The summed E-state index contributed by atoms with van der Waals surface area (Å²) in [6, 6.07) is 13.7. The molecule has 2 amide bonds. The molecular weight excluding hydrogens is 400 g/mol. The average molecular weight is 426 g/mol. The molecule has 1 N–H and O–H groups in total. The molecule has 8 nitrogen and oxygen atoms in total. The van der Waals surface area contributed by atoms with Gasteiger partial charge in [0.2, 0.25) is 0 Å². The molecular formula is C23H26N2O6. The Morgan fingerprint density at radius 3 is 2.42 bits per heavy atom. The van der Waals surface area contributed by atoms with Crippen LogP contribution in [0.2, 0.25) is 0 Å². The third-order valence-electron chi connectivity index (χ3n) is 4.92. The maximum Gasteiger partial charge on any atom is 0.308 e. The molecule has 3 rings (SSSR count). The summed E-state index contributed by atoms with van der Waals surface area (Å²) in [5.41, 5.74) is 0.464. The number of hydrogen-bond donors (Lipinski definition) is 1. The molecule has 0 radical (unpaired) electrons. The fraction of sp³-hybridized carbons (Fsp3) is 0.348. The number of hydrogen-bond acceptors (Lipinski definition) is 6. The minimum absolute atomic E-state index is 0.0230. The number of amides is 2. The van der Waals surface area contributed by atoms with E-state index in [1.54, 1.807) is 48.4 Å². The fourth-order valence-corrected chi connectivity index (χ4v) is 3.42. The number of para-hydroxylation sites is 2. The van der Waals surface area contributed by atoms with Crippen molar-refractivity contribution in [2.75, 3.05) is 26.8 Å². The molecule has 1 aliphatic rings. The Morgan fingerprint density at radius 1 is 1.03 bits per heavy atom. The van der Waals surface area contributed by atoms with Crippen molar-refractivity contribution in [1.29, 1.82) is 0 Å². The van der Waals surface area contributed by atoms with E-state index in [0.717, 1.165) is 0 Å². The Labute approximate surface area is 181 Å². The van der Waals surface area contributed by atoms with E-state index in [2.05, 4.69) is 5.32 Å². The maximum atomic E-state index is 12.8. The standard InChI is InChI=1S/C23H26N2O6/c1-16(26)31-19-7-5-6-17(14-19)23(28)25-12-10-18(11-13-25)24-22(27)15-30-21-9-4-3-8-20(21)29-2/h3-9,14,18H,10-13,15H2,1-2H3,(H,24,27). The number of carbonyl (C=O) groups is 3. The molecule has 0 spiro atoms. The van der Waals surface area contributed by atoms with Gasteiger partial charge in [-0.25, -0.2) is 0 Å². The number of ether oxygens (including phenoxy) is 3. The van der Waals surface area contributed by atoms with Crippen LogP contribution in [-0.4, -0.2) is 55.5 Å². The van der Waals surface area contributed by atoms with Gasteiger partial charge in [0.15, 0.2) is 18.1 Å². The van der Waals surface area contributed by atoms with E-state index < -0.39 is 5.97 Å². The largest absolute Gasteiger partial charge is 0.493 e. The second-order valence-electron chi connectivity index (χ2n) is 7.19. The smallest absolute Gasteiger partial charge is 0.308 e. The highest BCUT2D eigenvalue weighted by Crippen LogP contribution is 2.25. The molecule has 0 aliphatic carbocycles. The summed E-state index contributed by atoms with van der Waals surface area (Å²) in [7, 11) is 1.55. The lowest BCUT2D eigenvalue weighted by Gasteiger charge is -2.32. The molecule has 1 aliphatic heterocycles. The normalized spacial score (nSPS) is 13.9. The number of nitrogens with one attached hydrogen (secondary N) is 1. The van der Waals surface area contributed by atoms with Crippen LogP contribution in [0.5, 0.6) is 17.2 Å². The quantitative estimate of drug-likeness (QED) is 0.540. The van der Waals surface area contributed by atoms with Crippen LogP contribution < -0.4 is 19.5 Å². The summed E-state index contributed by atoms with van der Waals surface area (Å²) in [6.07, 6.45) is 1.30. The van der Waals surface area contributed by atoms with Crippen LogP contribution in [-0.2, 0) is 9.59 Å². The van der Waals surface area contributed by atoms with Gasteiger partial charge in [0, 0.05) is 31.6 Å². The van der Waals surface area contributed by atoms with Crippen LogP contribution in [0.3, 0.4) is 0 Å². The van der Waals surface area contributed by atoms with Gasteiger partial charge in [-0.2, -0.15) is 0 Å². The molecule has 2 aromatic carbocycles. The van der Waals surface area contributed by atoms with E-state index in [1.165, 1.54) is 6.92 Å². The number of methoxy groups -OCH3 is 1. The molecule has 1 heterocycles. The van der Waals surface area contributed by atoms with Crippen LogP contribution in [0, 0.1) is 0 Å². The first-order chi connectivity index (χ1) is 15.0. The number of carbonyl (C=O) groups excluding carboxylic acids is 3. The van der Waals surface area contributed by atoms with Crippen LogP contribution in [0.4, 0.5) is 0 Å². The number of benzene rings is 2. The minimum Gasteiger partial charge on any atom is -0.493 e. The summed E-state index contributed by atoms with van der Waals surface area (Å²) < 4.78 is 15.8. The van der Waals surface area contributed by atoms with E-state index in [9.17, 15) is 14.4 Å². The summed E-state index contributed by atoms with van der Waals surface area (Å²) in [5.74, 6) is 0.644. The SMILES string of the molecule is COc1ccccc1OCC(=O)NC1CCN(C(=O)c2cccc(OC(C)=O)c2)CC1. The van der Waals surface area contributed by atoms with Crippen molar-refractivity contribution in [1.82, 2.24) is 10.2 Å². The first kappa shape index (κ1) is 22.1. The third-order valence-corrected chi connectivity index (χ3v) is 4.92. The second kappa shape index (κ2) is 10.5. The first-order valence-corrected chi connectivity index (χ1v) is 10.1. The van der Waals surface area contributed by atoms with Gasteiger partial charge in [-0.1, -0.05) is 18.2 Å².